The van der Waals surface area contributed by atoms with E-state index in [2.05, 4.69) is 82.2 Å². The number of anilines is 3. The highest BCUT2D eigenvalue weighted by atomic mass is 32.1. The molecule has 2 aromatic heterocycles. The fourth-order valence-corrected chi connectivity index (χ4v) is 5.67. The number of nitrogens with zero attached hydrogens (tertiary/aromatic N) is 6. The Morgan fingerprint density at radius 2 is 1.98 bits per heavy atom. The van der Waals surface area contributed by atoms with Crippen molar-refractivity contribution in [1.29, 1.82) is 5.26 Å². The lowest BCUT2D eigenvalue weighted by atomic mass is 9.83. The summed E-state index contributed by atoms with van der Waals surface area (Å²) < 4.78 is 8.56. The van der Waals surface area contributed by atoms with Gasteiger partial charge in [0.05, 0.1) is 11.3 Å². The molecule has 9 nitrogen and oxygen atoms in total. The van der Waals surface area contributed by atoms with Gasteiger partial charge in [-0.05, 0) is 62.6 Å². The maximum absolute atomic E-state index is 10.7. The first-order chi connectivity index (χ1) is 18.1. The monoisotopic (exact) mass is 579 g/mol. The van der Waals surface area contributed by atoms with Crippen LogP contribution < -0.4 is 10.1 Å². The second-order valence-corrected chi connectivity index (χ2v) is 17.4. The third-order valence-electron chi connectivity index (χ3n) is 8.02. The summed E-state index contributed by atoms with van der Waals surface area (Å²) in [7, 11) is -2.76. The lowest BCUT2D eigenvalue weighted by Gasteiger charge is -2.39. The predicted molar refractivity (Wildman–Crippen MR) is 170 cm³/mol. The molecule has 1 aromatic carbocycles. The van der Waals surface area contributed by atoms with Gasteiger partial charge in [0.2, 0.25) is 5.95 Å². The third kappa shape index (κ3) is 6.23. The zero-order chi connectivity index (χ0) is 28.8. The van der Waals surface area contributed by atoms with Crippen molar-refractivity contribution < 1.29 is 9.45 Å². The second-order valence-electron chi connectivity index (χ2n) is 12.6. The minimum absolute atomic E-state index is 0. The van der Waals surface area contributed by atoms with Crippen molar-refractivity contribution in [2.45, 2.75) is 78.0 Å². The average Bonchev–Trinajstić information content (AvgIpc) is 3.45. The van der Waals surface area contributed by atoms with Gasteiger partial charge in [0, 0.05) is 54.3 Å². The van der Waals surface area contributed by atoms with E-state index in [-0.39, 0.29) is 24.6 Å². The van der Waals surface area contributed by atoms with E-state index in [0.717, 1.165) is 16.8 Å². The molecule has 0 amide bonds. The van der Waals surface area contributed by atoms with Crippen LogP contribution in [0.4, 0.5) is 17.5 Å². The smallest absolute Gasteiger partial charge is 0.409 e. The summed E-state index contributed by atoms with van der Waals surface area (Å²) in [4.78, 5) is 11.0. The van der Waals surface area contributed by atoms with Gasteiger partial charge in [-0.25, -0.2) is 9.97 Å². The van der Waals surface area contributed by atoms with Crippen molar-refractivity contribution in [3.63, 3.8) is 0 Å². The number of hydrogen-bond acceptors (Lipinski definition) is 8. The molecule has 0 spiro atoms. The molecular formula is C28H42BN7O2SSi. The fourth-order valence-electron chi connectivity index (χ4n) is 4.56. The van der Waals surface area contributed by atoms with Crippen LogP contribution in [-0.4, -0.2) is 53.3 Å². The van der Waals surface area contributed by atoms with Gasteiger partial charge in [0.25, 0.3) is 0 Å². The maximum Gasteiger partial charge on any atom is 0.409 e. The van der Waals surface area contributed by atoms with E-state index in [1.807, 2.05) is 33.9 Å². The summed E-state index contributed by atoms with van der Waals surface area (Å²) in [6.07, 6.45) is 3.61. The molecular weight excluding hydrogens is 537 g/mol. The zero-order valence-electron chi connectivity index (χ0n) is 25.1. The number of hydrogen-bond donors (Lipinski definition) is 2. The molecule has 3 aromatic rings. The van der Waals surface area contributed by atoms with Gasteiger partial charge < -0.3 is 19.6 Å². The van der Waals surface area contributed by atoms with Gasteiger partial charge in [-0.15, -0.1) is 0 Å². The first-order valence-corrected chi connectivity index (χ1v) is 16.4. The van der Waals surface area contributed by atoms with Gasteiger partial charge in [0.15, 0.2) is 14.1 Å². The summed E-state index contributed by atoms with van der Waals surface area (Å²) in [6.45, 7) is 20.3. The quantitative estimate of drug-likeness (QED) is 0.319. The highest BCUT2D eigenvalue weighted by Crippen LogP contribution is 2.47. The Morgan fingerprint density at radius 1 is 1.27 bits per heavy atom. The molecule has 0 aliphatic carbocycles. The van der Waals surface area contributed by atoms with Gasteiger partial charge in [-0.3, -0.25) is 4.68 Å². The highest BCUT2D eigenvalue weighted by molar-refractivity contribution is 7.59. The van der Waals surface area contributed by atoms with E-state index in [1.54, 1.807) is 13.0 Å². The van der Waals surface area contributed by atoms with Crippen LogP contribution >= 0.6 is 13.5 Å². The van der Waals surface area contributed by atoms with Crippen molar-refractivity contribution in [1.82, 2.24) is 19.7 Å². The molecule has 4 rings (SSSR count). The van der Waals surface area contributed by atoms with E-state index < -0.39 is 20.8 Å². The topological polar surface area (TPSA) is 112 Å². The summed E-state index contributed by atoms with van der Waals surface area (Å²) in [5, 5.41) is 28.6. The Morgan fingerprint density at radius 3 is 2.55 bits per heavy atom. The van der Waals surface area contributed by atoms with E-state index in [1.165, 1.54) is 0 Å². The molecule has 3 heterocycles. The molecule has 0 bridgehead atoms. The van der Waals surface area contributed by atoms with Crippen molar-refractivity contribution in [3.8, 4) is 17.3 Å². The summed E-state index contributed by atoms with van der Waals surface area (Å²) in [5.74, 6) is 1.09. The number of aromatic nitrogens is 4. The van der Waals surface area contributed by atoms with Gasteiger partial charge in [-0.2, -0.15) is 23.9 Å². The molecule has 0 radical (unpaired) electrons. The minimum atomic E-state index is -2.02. The zero-order valence-corrected chi connectivity index (χ0v) is 27.1. The number of rotatable bonds is 8. The van der Waals surface area contributed by atoms with Crippen molar-refractivity contribution in [3.05, 3.63) is 47.8 Å². The van der Waals surface area contributed by atoms with Crippen molar-refractivity contribution >= 4 is 46.3 Å². The largest absolute Gasteiger partial charge is 0.432 e. The van der Waals surface area contributed by atoms with Gasteiger partial charge >= 0.3 is 7.05 Å². The van der Waals surface area contributed by atoms with Crippen LogP contribution in [0.5, 0.6) is 0 Å². The molecule has 1 aliphatic heterocycles. The van der Waals surface area contributed by atoms with E-state index in [9.17, 15) is 10.3 Å². The van der Waals surface area contributed by atoms with Crippen LogP contribution in [-0.2, 0) is 9.84 Å². The van der Waals surface area contributed by atoms with Gasteiger partial charge in [0.1, 0.15) is 6.07 Å². The minimum Gasteiger partial charge on any atom is -0.432 e. The number of nitriles is 1. The molecule has 0 saturated carbocycles. The lowest BCUT2D eigenvalue weighted by Crippen LogP contribution is -2.47. The summed E-state index contributed by atoms with van der Waals surface area (Å²) in [6, 6.07) is 10.3. The van der Waals surface area contributed by atoms with Crippen LogP contribution in [0.15, 0.2) is 36.7 Å². The fraction of sp³-hybridized carbons (Fsp3) is 0.500. The Bertz CT molecular complexity index is 1400. The molecule has 0 fully saturated rings. The predicted octanol–water partition coefficient (Wildman–Crippen LogP) is 5.86. The molecule has 0 unspecified atom stereocenters. The first-order valence-electron chi connectivity index (χ1n) is 13.5. The van der Waals surface area contributed by atoms with Crippen LogP contribution in [0.1, 0.15) is 58.7 Å². The van der Waals surface area contributed by atoms with Crippen molar-refractivity contribution in [2.24, 2.45) is 0 Å². The lowest BCUT2D eigenvalue weighted by molar-refractivity contribution is 0.218. The van der Waals surface area contributed by atoms with E-state index in [4.69, 9.17) is 9.41 Å². The summed E-state index contributed by atoms with van der Waals surface area (Å²) in [5.41, 5.74) is 3.35. The number of nitrogens with one attached hydrogen (secondary N) is 1. The SMILES string of the molecule is CB(O)N1C[C@@](C)(CO[Si](C)(C)C(C)(C)C)c2cc(-c3ccnc(Nc4ccn(C(C)C)n4)n3)cc(C#N)c21.S. The standard InChI is InChI=1S/C28H40BN7O2Si.H2S/c1-19(2)36-13-11-24(34-36)33-26-31-12-10-23(32-26)20-14-21(16-30)25-22(15-20)28(6,17-35(25)29(7)37)18-38-39(8,9)27(3,4)5;/h10-15,19,37H,17-18H2,1-9H3,(H,31,32,33,34);1H2/t28-;/m0./s1. The molecule has 40 heavy (non-hydrogen) atoms. The Balaban J connectivity index is 0.00000441. The first kappa shape index (κ1) is 31.7. The Kier molecular flexibility index (Phi) is 9.16. The molecule has 12 heteroatoms. The Hall–Kier alpha value is -2.85. The molecule has 1 aliphatic rings. The van der Waals surface area contributed by atoms with E-state index in [0.29, 0.717) is 36.2 Å². The number of fused-ring (bicyclic) bond motifs is 1. The normalized spacial score (nSPS) is 16.9. The van der Waals surface area contributed by atoms with E-state index >= 15 is 0 Å². The summed E-state index contributed by atoms with van der Waals surface area (Å²) >= 11 is 0. The number of benzene rings is 1. The second kappa shape index (κ2) is 11.6. The molecule has 2 N–H and O–H groups in total. The maximum atomic E-state index is 10.7. The van der Waals surface area contributed by atoms with Crippen molar-refractivity contribution in [2.75, 3.05) is 23.3 Å². The average molecular weight is 580 g/mol. The van der Waals surface area contributed by atoms with Crippen LogP contribution in [0, 0.1) is 11.3 Å². The van der Waals surface area contributed by atoms with Crippen LogP contribution in [0.2, 0.25) is 25.0 Å². The Labute approximate surface area is 246 Å². The third-order valence-corrected chi connectivity index (χ3v) is 12.5. The highest BCUT2D eigenvalue weighted by Gasteiger charge is 2.46. The molecule has 1 atom stereocenters. The van der Waals surface area contributed by atoms with Crippen LogP contribution in [0.25, 0.3) is 11.3 Å². The van der Waals surface area contributed by atoms with Crippen LogP contribution in [0.3, 0.4) is 0 Å². The molecule has 0 saturated heterocycles. The van der Waals surface area contributed by atoms with Gasteiger partial charge in [-0.1, -0.05) is 27.7 Å². The molecule has 214 valence electrons.